The molecule has 0 aromatic carbocycles. The Kier molecular flexibility index (Phi) is 3.86. The lowest BCUT2D eigenvalue weighted by molar-refractivity contribution is -0.252. The molecule has 5 heteroatoms. The van der Waals surface area contributed by atoms with Crippen molar-refractivity contribution in [3.8, 4) is 0 Å². The summed E-state index contributed by atoms with van der Waals surface area (Å²) in [4.78, 5) is 8.72. The van der Waals surface area contributed by atoms with Crippen molar-refractivity contribution in [2.75, 3.05) is 39.8 Å². The highest BCUT2D eigenvalue weighted by molar-refractivity contribution is 4.88. The summed E-state index contributed by atoms with van der Waals surface area (Å²) < 4.78 is 5.43. The third kappa shape index (κ3) is 2.56. The van der Waals surface area contributed by atoms with Crippen molar-refractivity contribution < 1.29 is 9.57 Å². The monoisotopic (exact) mass is 255 g/mol. The van der Waals surface area contributed by atoms with E-state index >= 15 is 0 Å². The van der Waals surface area contributed by atoms with E-state index in [-0.39, 0.29) is 12.1 Å². The van der Waals surface area contributed by atoms with Gasteiger partial charge in [-0.3, -0.25) is 4.84 Å². The standard InChI is InChI=1S/C13H25N3O2/c1-17-13-9-16(7-4-11(13)14)18-12-8-15-5-2-10(12)3-6-15/h10-13H,2-9,14H2,1H3/t11-,12+,13+/m1/s1. The van der Waals surface area contributed by atoms with Crippen LogP contribution in [0, 0.1) is 5.92 Å². The van der Waals surface area contributed by atoms with Crippen LogP contribution in [0.15, 0.2) is 0 Å². The summed E-state index contributed by atoms with van der Waals surface area (Å²) >= 11 is 0. The van der Waals surface area contributed by atoms with Crippen molar-refractivity contribution in [2.24, 2.45) is 11.7 Å². The van der Waals surface area contributed by atoms with Crippen LogP contribution in [0.1, 0.15) is 19.3 Å². The first kappa shape index (κ1) is 12.8. The predicted molar refractivity (Wildman–Crippen MR) is 69.0 cm³/mol. The summed E-state index contributed by atoms with van der Waals surface area (Å²) in [6.07, 6.45) is 4.05. The molecule has 0 spiro atoms. The summed E-state index contributed by atoms with van der Waals surface area (Å²) in [5.74, 6) is 0.756. The molecule has 0 unspecified atom stereocenters. The maximum Gasteiger partial charge on any atom is 0.0948 e. The van der Waals surface area contributed by atoms with Gasteiger partial charge in [-0.15, -0.1) is 0 Å². The molecule has 2 bridgehead atoms. The second-order valence-corrected chi connectivity index (χ2v) is 5.90. The van der Waals surface area contributed by atoms with Crippen molar-refractivity contribution in [3.05, 3.63) is 0 Å². The van der Waals surface area contributed by atoms with Gasteiger partial charge >= 0.3 is 0 Å². The lowest BCUT2D eigenvalue weighted by atomic mass is 9.86. The molecule has 0 amide bonds. The van der Waals surface area contributed by atoms with Gasteiger partial charge in [-0.2, -0.15) is 5.06 Å². The van der Waals surface area contributed by atoms with Crippen molar-refractivity contribution in [1.29, 1.82) is 0 Å². The molecule has 3 atom stereocenters. The minimum atomic E-state index is 0.111. The molecule has 0 radical (unpaired) electrons. The Labute approximate surface area is 109 Å². The number of nitrogens with zero attached hydrogens (tertiary/aromatic N) is 2. The summed E-state index contributed by atoms with van der Waals surface area (Å²) in [5, 5.41) is 2.09. The molecule has 4 rings (SSSR count). The molecule has 0 saturated carbocycles. The first-order chi connectivity index (χ1) is 8.76. The Hall–Kier alpha value is -0.200. The molecule has 0 aliphatic carbocycles. The predicted octanol–water partition coefficient (Wildman–Crippen LogP) is 0.0602. The minimum Gasteiger partial charge on any atom is -0.378 e. The molecule has 0 aromatic rings. The summed E-state index contributed by atoms with van der Waals surface area (Å²) in [6.45, 7) is 5.36. The third-order valence-corrected chi connectivity index (χ3v) is 4.76. The number of fused-ring (bicyclic) bond motifs is 3. The molecule has 4 heterocycles. The number of ether oxygens (including phenoxy) is 1. The van der Waals surface area contributed by atoms with Gasteiger partial charge in [0.1, 0.15) is 0 Å². The molecule has 4 aliphatic heterocycles. The molecule has 4 fully saturated rings. The van der Waals surface area contributed by atoms with E-state index in [9.17, 15) is 0 Å². The highest BCUT2D eigenvalue weighted by Crippen LogP contribution is 2.30. The summed E-state index contributed by atoms with van der Waals surface area (Å²) in [6, 6.07) is 0.154. The Bertz CT molecular complexity index is 281. The topological polar surface area (TPSA) is 51.0 Å². The van der Waals surface area contributed by atoms with Gasteiger partial charge in [0.2, 0.25) is 0 Å². The smallest absolute Gasteiger partial charge is 0.0948 e. The second-order valence-electron chi connectivity index (χ2n) is 5.90. The van der Waals surface area contributed by atoms with E-state index in [1.165, 1.54) is 25.9 Å². The molecule has 2 N–H and O–H groups in total. The Morgan fingerprint density at radius 1 is 1.00 bits per heavy atom. The Morgan fingerprint density at radius 3 is 2.39 bits per heavy atom. The van der Waals surface area contributed by atoms with Crippen molar-refractivity contribution in [2.45, 2.75) is 37.5 Å². The molecule has 4 saturated heterocycles. The zero-order valence-electron chi connectivity index (χ0n) is 11.3. The quantitative estimate of drug-likeness (QED) is 0.773. The maximum atomic E-state index is 6.20. The summed E-state index contributed by atoms with van der Waals surface area (Å²) in [5.41, 5.74) is 6.03. The second kappa shape index (κ2) is 5.43. The van der Waals surface area contributed by atoms with Gasteiger partial charge in [-0.1, -0.05) is 0 Å². The molecular weight excluding hydrogens is 230 g/mol. The van der Waals surface area contributed by atoms with Gasteiger partial charge in [-0.05, 0) is 38.3 Å². The van der Waals surface area contributed by atoms with Crippen LogP contribution in [-0.2, 0) is 9.57 Å². The number of hydrogen-bond donors (Lipinski definition) is 1. The van der Waals surface area contributed by atoms with Crippen LogP contribution < -0.4 is 5.73 Å². The average Bonchev–Trinajstić information content (AvgIpc) is 2.42. The van der Waals surface area contributed by atoms with Crippen molar-refractivity contribution >= 4 is 0 Å². The third-order valence-electron chi connectivity index (χ3n) is 4.76. The first-order valence-electron chi connectivity index (χ1n) is 7.18. The van der Waals surface area contributed by atoms with Crippen LogP contribution in [0.25, 0.3) is 0 Å². The van der Waals surface area contributed by atoms with Gasteiger partial charge in [0.05, 0.1) is 18.8 Å². The highest BCUT2D eigenvalue weighted by Gasteiger charge is 2.37. The van der Waals surface area contributed by atoms with Gasteiger partial charge in [0.25, 0.3) is 0 Å². The molecule has 104 valence electrons. The van der Waals surface area contributed by atoms with E-state index in [1.54, 1.807) is 7.11 Å². The van der Waals surface area contributed by atoms with E-state index in [0.29, 0.717) is 6.10 Å². The van der Waals surface area contributed by atoms with Crippen LogP contribution >= 0.6 is 0 Å². The number of hydroxylamine groups is 2. The number of hydrogen-bond acceptors (Lipinski definition) is 5. The fourth-order valence-electron chi connectivity index (χ4n) is 3.47. The largest absolute Gasteiger partial charge is 0.378 e. The molecule has 0 aromatic heterocycles. The fourth-order valence-corrected chi connectivity index (χ4v) is 3.47. The van der Waals surface area contributed by atoms with Gasteiger partial charge in [-0.25, -0.2) is 0 Å². The van der Waals surface area contributed by atoms with Crippen molar-refractivity contribution in [3.63, 3.8) is 0 Å². The van der Waals surface area contributed by atoms with Gasteiger partial charge in [0, 0.05) is 26.2 Å². The van der Waals surface area contributed by atoms with Gasteiger partial charge in [0.15, 0.2) is 0 Å². The molecule has 4 aliphatic rings. The van der Waals surface area contributed by atoms with Crippen LogP contribution in [0.2, 0.25) is 0 Å². The highest BCUT2D eigenvalue weighted by atomic mass is 16.7. The lowest BCUT2D eigenvalue weighted by Crippen LogP contribution is -2.56. The van der Waals surface area contributed by atoms with E-state index < -0.39 is 0 Å². The minimum absolute atomic E-state index is 0.111. The zero-order chi connectivity index (χ0) is 12.5. The fraction of sp³-hybridized carbons (Fsp3) is 1.00. The van der Waals surface area contributed by atoms with E-state index in [4.69, 9.17) is 15.3 Å². The maximum absolute atomic E-state index is 6.20. The van der Waals surface area contributed by atoms with Crippen LogP contribution in [-0.4, -0.2) is 68.0 Å². The average molecular weight is 255 g/mol. The van der Waals surface area contributed by atoms with E-state index in [0.717, 1.165) is 32.0 Å². The van der Waals surface area contributed by atoms with Crippen LogP contribution in [0.5, 0.6) is 0 Å². The van der Waals surface area contributed by atoms with Crippen LogP contribution in [0.3, 0.4) is 0 Å². The van der Waals surface area contributed by atoms with E-state index in [1.807, 2.05) is 0 Å². The molecule has 18 heavy (non-hydrogen) atoms. The summed E-state index contributed by atoms with van der Waals surface area (Å²) in [7, 11) is 1.74. The zero-order valence-corrected chi connectivity index (χ0v) is 11.3. The van der Waals surface area contributed by atoms with Crippen LogP contribution in [0.4, 0.5) is 0 Å². The first-order valence-corrected chi connectivity index (χ1v) is 7.18. The van der Waals surface area contributed by atoms with E-state index in [2.05, 4.69) is 9.96 Å². The Morgan fingerprint density at radius 2 is 1.78 bits per heavy atom. The molecular formula is C13H25N3O2. The SMILES string of the molecule is CO[C@H]1CN(O[C@H]2CN3CCC2CC3)CC[C@H]1N. The molecule has 5 nitrogen and oxygen atoms in total. The number of nitrogens with two attached hydrogens (primary N) is 1. The normalized spacial score (nSPS) is 45.3. The Balaban J connectivity index is 1.53. The van der Waals surface area contributed by atoms with Crippen molar-refractivity contribution in [1.82, 2.24) is 9.96 Å². The number of piperidine rings is 4. The number of methoxy groups -OCH3 is 1. The lowest BCUT2D eigenvalue weighted by Gasteiger charge is -2.46. The van der Waals surface area contributed by atoms with Gasteiger partial charge < -0.3 is 15.4 Å². The number of rotatable bonds is 3.